The summed E-state index contributed by atoms with van der Waals surface area (Å²) in [6, 6.07) is 2.11. The third-order valence-electron chi connectivity index (χ3n) is 3.98. The van der Waals surface area contributed by atoms with Crippen LogP contribution in [0, 0.1) is 13.8 Å². The highest BCUT2D eigenvalue weighted by Crippen LogP contribution is 2.31. The van der Waals surface area contributed by atoms with Gasteiger partial charge >= 0.3 is 0 Å². The van der Waals surface area contributed by atoms with Gasteiger partial charge in [-0.05, 0) is 37.3 Å². The highest BCUT2D eigenvalue weighted by Gasteiger charge is 2.22. The van der Waals surface area contributed by atoms with Crippen LogP contribution in [0.1, 0.15) is 21.1 Å². The number of nitrogens with zero attached hydrogens (tertiary/aromatic N) is 4. The monoisotopic (exact) mass is 392 g/mol. The smallest absolute Gasteiger partial charge is 0.277 e. The highest BCUT2D eigenvalue weighted by atomic mass is 32.2. The molecule has 130 valence electrons. The Morgan fingerprint density at radius 2 is 2.28 bits per heavy atom. The van der Waals surface area contributed by atoms with Crippen molar-refractivity contribution in [1.29, 1.82) is 0 Å². The molecule has 0 aliphatic carbocycles. The Balaban J connectivity index is 1.37. The molecule has 0 radical (unpaired) electrons. The number of thiophene rings is 1. The molecule has 9 heteroatoms. The Kier molecular flexibility index (Phi) is 4.61. The minimum absolute atomic E-state index is 0.103. The largest absolute Gasteiger partial charge is 0.410 e. The van der Waals surface area contributed by atoms with Crippen LogP contribution in [0.3, 0.4) is 0 Å². The molecule has 6 nitrogen and oxygen atoms in total. The van der Waals surface area contributed by atoms with Crippen LogP contribution in [-0.2, 0) is 17.8 Å². The zero-order valence-electron chi connectivity index (χ0n) is 13.8. The van der Waals surface area contributed by atoms with Crippen molar-refractivity contribution in [3.8, 4) is 10.8 Å². The van der Waals surface area contributed by atoms with Gasteiger partial charge in [-0.1, -0.05) is 11.8 Å². The van der Waals surface area contributed by atoms with Crippen molar-refractivity contribution in [2.24, 2.45) is 0 Å². The summed E-state index contributed by atoms with van der Waals surface area (Å²) in [5.41, 5.74) is 2.16. The van der Waals surface area contributed by atoms with E-state index >= 15 is 0 Å². The molecule has 0 aromatic carbocycles. The van der Waals surface area contributed by atoms with Crippen LogP contribution in [0.2, 0.25) is 0 Å². The van der Waals surface area contributed by atoms with Gasteiger partial charge in [0.1, 0.15) is 4.88 Å². The fourth-order valence-electron chi connectivity index (χ4n) is 2.77. The summed E-state index contributed by atoms with van der Waals surface area (Å²) in [4.78, 5) is 21.0. The highest BCUT2D eigenvalue weighted by molar-refractivity contribution is 7.99. The first-order valence-electron chi connectivity index (χ1n) is 7.84. The Bertz CT molecular complexity index is 914. The molecule has 4 rings (SSSR count). The number of carbonyl (C=O) groups excluding carboxylic acids is 1. The van der Waals surface area contributed by atoms with Gasteiger partial charge in [0.15, 0.2) is 0 Å². The Hall–Kier alpha value is -1.71. The van der Waals surface area contributed by atoms with E-state index in [1.807, 2.05) is 18.7 Å². The molecule has 0 saturated carbocycles. The van der Waals surface area contributed by atoms with Gasteiger partial charge in [-0.15, -0.1) is 32.9 Å². The van der Waals surface area contributed by atoms with Gasteiger partial charge in [-0.3, -0.25) is 4.79 Å². The molecular formula is C16H16N4O2S3. The molecule has 1 aliphatic heterocycles. The lowest BCUT2D eigenvalue weighted by molar-refractivity contribution is -0.129. The zero-order chi connectivity index (χ0) is 17.4. The molecule has 3 aromatic heterocycles. The lowest BCUT2D eigenvalue weighted by atomic mass is 10.1. The number of fused-ring (bicyclic) bond motifs is 1. The lowest BCUT2D eigenvalue weighted by Gasteiger charge is -2.26. The number of thiazole rings is 1. The van der Waals surface area contributed by atoms with Gasteiger partial charge in [0, 0.05) is 18.0 Å². The van der Waals surface area contributed by atoms with Crippen molar-refractivity contribution in [2.75, 3.05) is 12.3 Å². The molecule has 3 aromatic rings. The van der Waals surface area contributed by atoms with E-state index in [0.29, 0.717) is 23.4 Å². The third-order valence-corrected chi connectivity index (χ3v) is 6.87. The van der Waals surface area contributed by atoms with E-state index in [1.54, 1.807) is 11.3 Å². The summed E-state index contributed by atoms with van der Waals surface area (Å²) in [6.45, 7) is 5.35. The van der Waals surface area contributed by atoms with Crippen molar-refractivity contribution in [3.63, 3.8) is 0 Å². The summed E-state index contributed by atoms with van der Waals surface area (Å²) in [6.07, 6.45) is 0.943. The number of amides is 1. The third kappa shape index (κ3) is 3.49. The number of rotatable bonds is 4. The quantitative estimate of drug-likeness (QED) is 0.632. The minimum atomic E-state index is 0.103. The van der Waals surface area contributed by atoms with Crippen LogP contribution >= 0.6 is 34.4 Å². The molecule has 25 heavy (non-hydrogen) atoms. The number of thioether (sulfide) groups is 1. The molecule has 4 heterocycles. The Morgan fingerprint density at radius 1 is 1.40 bits per heavy atom. The van der Waals surface area contributed by atoms with E-state index in [4.69, 9.17) is 4.42 Å². The van der Waals surface area contributed by atoms with E-state index in [1.165, 1.54) is 33.5 Å². The van der Waals surface area contributed by atoms with Gasteiger partial charge in [-0.2, -0.15) is 0 Å². The van der Waals surface area contributed by atoms with Gasteiger partial charge in [0.05, 0.1) is 16.5 Å². The molecular weight excluding hydrogens is 376 g/mol. The van der Waals surface area contributed by atoms with E-state index in [2.05, 4.69) is 26.6 Å². The van der Waals surface area contributed by atoms with Gasteiger partial charge in [0.2, 0.25) is 5.91 Å². The number of aromatic nitrogens is 3. The number of hydrogen-bond donors (Lipinski definition) is 0. The van der Waals surface area contributed by atoms with E-state index < -0.39 is 0 Å². The molecule has 0 spiro atoms. The zero-order valence-corrected chi connectivity index (χ0v) is 16.3. The normalized spacial score (nSPS) is 13.9. The van der Waals surface area contributed by atoms with Crippen molar-refractivity contribution in [2.45, 2.75) is 32.0 Å². The van der Waals surface area contributed by atoms with Crippen molar-refractivity contribution in [3.05, 3.63) is 32.6 Å². The van der Waals surface area contributed by atoms with E-state index in [0.717, 1.165) is 28.5 Å². The number of hydrogen-bond acceptors (Lipinski definition) is 8. The predicted octanol–water partition coefficient (Wildman–Crippen LogP) is 3.55. The lowest BCUT2D eigenvalue weighted by Crippen LogP contribution is -2.36. The van der Waals surface area contributed by atoms with Gasteiger partial charge in [-0.25, -0.2) is 4.98 Å². The molecule has 0 bridgehead atoms. The average molecular weight is 393 g/mol. The molecule has 0 fully saturated rings. The van der Waals surface area contributed by atoms with E-state index in [9.17, 15) is 4.79 Å². The second kappa shape index (κ2) is 6.89. The van der Waals surface area contributed by atoms with Crippen LogP contribution in [0.15, 0.2) is 21.1 Å². The van der Waals surface area contributed by atoms with Crippen molar-refractivity contribution in [1.82, 2.24) is 20.1 Å². The second-order valence-electron chi connectivity index (χ2n) is 5.74. The first-order chi connectivity index (χ1) is 12.1. The van der Waals surface area contributed by atoms with Gasteiger partial charge < -0.3 is 9.32 Å². The summed E-state index contributed by atoms with van der Waals surface area (Å²) in [7, 11) is 0. The van der Waals surface area contributed by atoms with Crippen molar-refractivity contribution >= 4 is 40.3 Å². The SMILES string of the molecule is Cc1nc(C)c(-c2nnc(SCC(=O)N3CCc4sccc4C3)o2)s1. The van der Waals surface area contributed by atoms with Crippen LogP contribution in [-0.4, -0.2) is 38.3 Å². The second-order valence-corrected chi connectivity index (χ2v) is 8.87. The molecule has 0 saturated heterocycles. The average Bonchev–Trinajstić information content (AvgIpc) is 3.31. The topological polar surface area (TPSA) is 72.1 Å². The number of carbonyl (C=O) groups is 1. The molecule has 0 N–H and O–H groups in total. The van der Waals surface area contributed by atoms with Crippen molar-refractivity contribution < 1.29 is 9.21 Å². The summed E-state index contributed by atoms with van der Waals surface area (Å²) < 4.78 is 5.69. The van der Waals surface area contributed by atoms with Gasteiger partial charge in [0.25, 0.3) is 11.1 Å². The van der Waals surface area contributed by atoms with Crippen LogP contribution < -0.4 is 0 Å². The van der Waals surface area contributed by atoms with Crippen LogP contribution in [0.5, 0.6) is 0 Å². The standard InChI is InChI=1S/C16H16N4O2S3/c1-9-14(25-10(2)17-9)15-18-19-16(22-15)24-8-13(21)20-5-3-12-11(7-20)4-6-23-12/h4,6H,3,5,7-8H2,1-2H3. The molecule has 0 unspecified atom stereocenters. The number of aryl methyl sites for hydroxylation is 2. The van der Waals surface area contributed by atoms with Crippen LogP contribution in [0.4, 0.5) is 0 Å². The molecule has 1 aliphatic rings. The Labute approximate surface area is 157 Å². The first kappa shape index (κ1) is 16.7. The maximum atomic E-state index is 12.4. The van der Waals surface area contributed by atoms with E-state index in [-0.39, 0.29) is 5.91 Å². The predicted molar refractivity (Wildman–Crippen MR) is 99.0 cm³/mol. The van der Waals surface area contributed by atoms with Crippen LogP contribution in [0.25, 0.3) is 10.8 Å². The summed E-state index contributed by atoms with van der Waals surface area (Å²) in [5.74, 6) is 0.882. The summed E-state index contributed by atoms with van der Waals surface area (Å²) >= 11 is 4.59. The molecule has 0 atom stereocenters. The maximum absolute atomic E-state index is 12.4. The minimum Gasteiger partial charge on any atom is -0.410 e. The maximum Gasteiger partial charge on any atom is 0.277 e. The molecule has 1 amide bonds. The fraction of sp³-hybridized carbons (Fsp3) is 0.375. The summed E-state index contributed by atoms with van der Waals surface area (Å²) in [5, 5.41) is 11.6. The first-order valence-corrected chi connectivity index (χ1v) is 10.5. The fourth-order valence-corrected chi connectivity index (χ4v) is 5.16. The Morgan fingerprint density at radius 3 is 3.08 bits per heavy atom.